The lowest BCUT2D eigenvalue weighted by Crippen LogP contribution is -2.09. The van der Waals surface area contributed by atoms with Crippen LogP contribution in [0.2, 0.25) is 0 Å². The largest absolute Gasteiger partial charge is 0.416 e. The van der Waals surface area contributed by atoms with Gasteiger partial charge in [-0.1, -0.05) is 0 Å². The molecule has 0 unspecified atom stereocenters. The van der Waals surface area contributed by atoms with Gasteiger partial charge in [-0.2, -0.15) is 13.2 Å². The molecule has 2 aromatic carbocycles. The maximum absolute atomic E-state index is 12.6. The molecule has 2 rings (SSSR count). The van der Waals surface area contributed by atoms with E-state index in [1.54, 1.807) is 24.3 Å². The number of halogens is 3. The summed E-state index contributed by atoms with van der Waals surface area (Å²) >= 11 is 0. The number of nitrogens with two attached hydrogens (primary N) is 3. The van der Waals surface area contributed by atoms with Crippen molar-refractivity contribution in [1.82, 2.24) is 0 Å². The topological polar surface area (TPSA) is 90.1 Å². The van der Waals surface area contributed by atoms with E-state index in [2.05, 4.69) is 5.32 Å². The molecule has 20 heavy (non-hydrogen) atoms. The molecule has 0 aliphatic rings. The Morgan fingerprint density at radius 2 is 1.35 bits per heavy atom. The molecule has 0 aliphatic carbocycles. The molecule has 0 aromatic heterocycles. The molecule has 0 amide bonds. The number of nitrogens with one attached hydrogen (secondary N) is 1. The highest BCUT2D eigenvalue weighted by molar-refractivity contribution is 5.84. The van der Waals surface area contributed by atoms with Crippen LogP contribution < -0.4 is 22.5 Å². The van der Waals surface area contributed by atoms with Gasteiger partial charge in [-0.25, -0.2) is 0 Å². The lowest BCUT2D eigenvalue weighted by atomic mass is 10.1. The lowest BCUT2D eigenvalue weighted by molar-refractivity contribution is -0.137. The van der Waals surface area contributed by atoms with Gasteiger partial charge in [-0.15, -0.1) is 0 Å². The fourth-order valence-electron chi connectivity index (χ4n) is 1.71. The summed E-state index contributed by atoms with van der Waals surface area (Å²) in [6.07, 6.45) is -4.48. The highest BCUT2D eigenvalue weighted by Gasteiger charge is 2.31. The number of benzene rings is 2. The van der Waals surface area contributed by atoms with Crippen molar-refractivity contribution in [3.05, 3.63) is 42.0 Å². The van der Waals surface area contributed by atoms with E-state index in [4.69, 9.17) is 17.2 Å². The van der Waals surface area contributed by atoms with Crippen LogP contribution in [0.15, 0.2) is 36.4 Å². The molecule has 0 bridgehead atoms. The Morgan fingerprint density at radius 3 is 1.80 bits per heavy atom. The van der Waals surface area contributed by atoms with E-state index in [0.717, 1.165) is 12.1 Å². The minimum atomic E-state index is -4.48. The van der Waals surface area contributed by atoms with Crippen LogP contribution in [0.5, 0.6) is 0 Å². The number of hydrogen-bond acceptors (Lipinski definition) is 4. The first-order valence-corrected chi connectivity index (χ1v) is 5.66. The predicted molar refractivity (Wildman–Crippen MR) is 74.4 cm³/mol. The first-order valence-electron chi connectivity index (χ1n) is 5.66. The minimum absolute atomic E-state index is 0.0749. The van der Waals surface area contributed by atoms with Crippen molar-refractivity contribution >= 4 is 28.4 Å². The zero-order valence-corrected chi connectivity index (χ0v) is 10.3. The number of nitrogen functional groups attached to an aromatic ring is 3. The second-order valence-electron chi connectivity index (χ2n) is 4.27. The first kappa shape index (κ1) is 13.9. The van der Waals surface area contributed by atoms with Crippen molar-refractivity contribution in [2.24, 2.45) is 0 Å². The average molecular weight is 282 g/mol. The lowest BCUT2D eigenvalue weighted by Gasteiger charge is -2.15. The van der Waals surface area contributed by atoms with E-state index in [-0.39, 0.29) is 17.1 Å². The van der Waals surface area contributed by atoms with E-state index in [1.807, 2.05) is 0 Å². The number of rotatable bonds is 2. The number of anilines is 5. The van der Waals surface area contributed by atoms with Gasteiger partial charge in [0.2, 0.25) is 0 Å². The highest BCUT2D eigenvalue weighted by Crippen LogP contribution is 2.37. The maximum atomic E-state index is 12.6. The summed E-state index contributed by atoms with van der Waals surface area (Å²) in [5, 5.41) is 2.87. The molecular weight excluding hydrogens is 269 g/mol. The van der Waals surface area contributed by atoms with Gasteiger partial charge in [0.25, 0.3) is 0 Å². The average Bonchev–Trinajstić information content (AvgIpc) is 2.34. The van der Waals surface area contributed by atoms with Crippen LogP contribution in [-0.4, -0.2) is 0 Å². The summed E-state index contributed by atoms with van der Waals surface area (Å²) in [5.74, 6) is 0. The molecule has 0 saturated heterocycles. The Kier molecular flexibility index (Phi) is 3.35. The standard InChI is InChI=1S/C13H13F3N4/c14-13(15,16)7-5-10(18)12(11(19)6-7)20-9-3-1-8(17)2-4-9/h1-6,20H,17-19H2. The van der Waals surface area contributed by atoms with Crippen molar-refractivity contribution < 1.29 is 13.2 Å². The smallest absolute Gasteiger partial charge is 0.399 e. The van der Waals surface area contributed by atoms with Crippen LogP contribution in [-0.2, 0) is 6.18 Å². The number of alkyl halides is 3. The van der Waals surface area contributed by atoms with E-state index >= 15 is 0 Å². The van der Waals surface area contributed by atoms with Crippen LogP contribution >= 0.6 is 0 Å². The molecule has 7 heteroatoms. The molecule has 2 aromatic rings. The molecule has 106 valence electrons. The summed E-state index contributed by atoms with van der Waals surface area (Å²) in [6.45, 7) is 0. The molecule has 0 fully saturated rings. The molecule has 0 atom stereocenters. The van der Waals surface area contributed by atoms with Crippen molar-refractivity contribution in [2.45, 2.75) is 6.18 Å². The normalized spacial score (nSPS) is 11.3. The van der Waals surface area contributed by atoms with Crippen LogP contribution in [0.25, 0.3) is 0 Å². The highest BCUT2D eigenvalue weighted by atomic mass is 19.4. The predicted octanol–water partition coefficient (Wildman–Crippen LogP) is 3.20. The molecule has 7 N–H and O–H groups in total. The van der Waals surface area contributed by atoms with Crippen LogP contribution in [0.1, 0.15) is 5.56 Å². The molecular formula is C13H13F3N4. The molecule has 0 heterocycles. The summed E-state index contributed by atoms with van der Waals surface area (Å²) in [6, 6.07) is 8.33. The quantitative estimate of drug-likeness (QED) is 0.637. The van der Waals surface area contributed by atoms with Crippen LogP contribution in [0, 0.1) is 0 Å². The fraction of sp³-hybridized carbons (Fsp3) is 0.0769. The third-order valence-electron chi connectivity index (χ3n) is 2.71. The van der Waals surface area contributed by atoms with Crippen molar-refractivity contribution in [2.75, 3.05) is 22.5 Å². The zero-order chi connectivity index (χ0) is 14.9. The Morgan fingerprint density at radius 1 is 0.850 bits per heavy atom. The van der Waals surface area contributed by atoms with Gasteiger partial charge in [0.15, 0.2) is 0 Å². The Hall–Kier alpha value is -2.57. The second kappa shape index (κ2) is 4.84. The third-order valence-corrected chi connectivity index (χ3v) is 2.71. The zero-order valence-electron chi connectivity index (χ0n) is 10.3. The Labute approximate surface area is 113 Å². The maximum Gasteiger partial charge on any atom is 0.416 e. The van der Waals surface area contributed by atoms with Crippen LogP contribution in [0.4, 0.5) is 41.6 Å². The molecule has 0 saturated carbocycles. The van der Waals surface area contributed by atoms with E-state index < -0.39 is 11.7 Å². The van der Waals surface area contributed by atoms with Gasteiger partial charge < -0.3 is 22.5 Å². The fourth-order valence-corrected chi connectivity index (χ4v) is 1.71. The Bertz CT molecular complexity index is 597. The van der Waals surface area contributed by atoms with E-state index in [0.29, 0.717) is 11.4 Å². The summed E-state index contributed by atoms with van der Waals surface area (Å²) < 4.78 is 37.8. The van der Waals surface area contributed by atoms with Gasteiger partial charge in [-0.05, 0) is 36.4 Å². The SMILES string of the molecule is Nc1ccc(Nc2c(N)cc(C(F)(F)F)cc2N)cc1. The van der Waals surface area contributed by atoms with Gasteiger partial charge in [0.05, 0.1) is 22.6 Å². The second-order valence-corrected chi connectivity index (χ2v) is 4.27. The van der Waals surface area contributed by atoms with E-state index in [9.17, 15) is 13.2 Å². The van der Waals surface area contributed by atoms with Gasteiger partial charge >= 0.3 is 6.18 Å². The summed E-state index contributed by atoms with van der Waals surface area (Å²) in [7, 11) is 0. The van der Waals surface area contributed by atoms with Crippen molar-refractivity contribution in [3.63, 3.8) is 0 Å². The van der Waals surface area contributed by atoms with Gasteiger partial charge in [0, 0.05) is 11.4 Å². The summed E-state index contributed by atoms with van der Waals surface area (Å²) in [5.41, 5.74) is 17.2. The summed E-state index contributed by atoms with van der Waals surface area (Å²) in [4.78, 5) is 0. The first-order chi connectivity index (χ1) is 9.27. The van der Waals surface area contributed by atoms with Gasteiger partial charge in [0.1, 0.15) is 0 Å². The Balaban J connectivity index is 2.36. The van der Waals surface area contributed by atoms with Crippen LogP contribution in [0.3, 0.4) is 0 Å². The van der Waals surface area contributed by atoms with Crippen molar-refractivity contribution in [1.29, 1.82) is 0 Å². The molecule has 4 nitrogen and oxygen atoms in total. The molecule has 0 aliphatic heterocycles. The van der Waals surface area contributed by atoms with Gasteiger partial charge in [-0.3, -0.25) is 0 Å². The monoisotopic (exact) mass is 282 g/mol. The van der Waals surface area contributed by atoms with E-state index in [1.165, 1.54) is 0 Å². The van der Waals surface area contributed by atoms with Crippen molar-refractivity contribution in [3.8, 4) is 0 Å². The third kappa shape index (κ3) is 2.87. The number of hydrogen-bond donors (Lipinski definition) is 4. The molecule has 0 radical (unpaired) electrons. The minimum Gasteiger partial charge on any atom is -0.399 e. The molecule has 0 spiro atoms.